The SMILES string of the molecule is COc1cc2c(cc1NC(=O)CNc1ccc(C(N)=O)cc1)oc1ccccc12. The molecule has 1 aromatic heterocycles. The summed E-state index contributed by atoms with van der Waals surface area (Å²) in [5.41, 5.74) is 8.29. The fourth-order valence-corrected chi connectivity index (χ4v) is 3.15. The molecule has 0 radical (unpaired) electrons. The Labute approximate surface area is 166 Å². The van der Waals surface area contributed by atoms with E-state index >= 15 is 0 Å². The summed E-state index contributed by atoms with van der Waals surface area (Å²) in [6.45, 7) is 0.0389. The minimum Gasteiger partial charge on any atom is -0.495 e. The van der Waals surface area contributed by atoms with Crippen molar-refractivity contribution in [3.05, 3.63) is 66.2 Å². The second-order valence-electron chi connectivity index (χ2n) is 6.49. The van der Waals surface area contributed by atoms with Crippen molar-refractivity contribution >= 4 is 45.1 Å². The van der Waals surface area contributed by atoms with Crippen LogP contribution in [0.5, 0.6) is 5.75 Å². The fraction of sp³-hybridized carbons (Fsp3) is 0.0909. The van der Waals surface area contributed by atoms with E-state index in [1.165, 1.54) is 0 Å². The Balaban J connectivity index is 1.51. The number of rotatable bonds is 6. The molecule has 146 valence electrons. The first kappa shape index (κ1) is 18.4. The van der Waals surface area contributed by atoms with Crippen molar-refractivity contribution in [3.8, 4) is 5.75 Å². The molecular formula is C22H19N3O4. The number of benzene rings is 3. The lowest BCUT2D eigenvalue weighted by Crippen LogP contribution is -2.22. The topological polar surface area (TPSA) is 107 Å². The molecule has 4 N–H and O–H groups in total. The molecule has 0 bridgehead atoms. The van der Waals surface area contributed by atoms with Crippen LogP contribution in [0, 0.1) is 0 Å². The van der Waals surface area contributed by atoms with Gasteiger partial charge >= 0.3 is 0 Å². The molecule has 0 saturated carbocycles. The van der Waals surface area contributed by atoms with Crippen LogP contribution < -0.4 is 21.1 Å². The maximum atomic E-state index is 12.4. The van der Waals surface area contributed by atoms with Crippen LogP contribution in [0.15, 0.2) is 65.1 Å². The minimum absolute atomic E-state index is 0.0389. The molecule has 1 heterocycles. The molecule has 4 aromatic rings. The second kappa shape index (κ2) is 7.55. The summed E-state index contributed by atoms with van der Waals surface area (Å²) >= 11 is 0. The first-order chi connectivity index (χ1) is 14.0. The van der Waals surface area contributed by atoms with E-state index in [2.05, 4.69) is 10.6 Å². The van der Waals surface area contributed by atoms with Gasteiger partial charge in [0.2, 0.25) is 11.8 Å². The van der Waals surface area contributed by atoms with Crippen LogP contribution in [0.2, 0.25) is 0 Å². The molecule has 0 unspecified atom stereocenters. The van der Waals surface area contributed by atoms with Gasteiger partial charge in [0.15, 0.2) is 0 Å². The number of hydrogen-bond acceptors (Lipinski definition) is 5. The Bertz CT molecular complexity index is 1210. The average Bonchev–Trinajstić information content (AvgIpc) is 3.09. The van der Waals surface area contributed by atoms with Gasteiger partial charge in [-0.15, -0.1) is 0 Å². The molecule has 7 heteroatoms. The van der Waals surface area contributed by atoms with E-state index in [4.69, 9.17) is 14.9 Å². The summed E-state index contributed by atoms with van der Waals surface area (Å²) in [4.78, 5) is 23.5. The van der Waals surface area contributed by atoms with Crippen LogP contribution in [-0.4, -0.2) is 25.5 Å². The number of primary amides is 1. The molecule has 0 aliphatic rings. The van der Waals surface area contributed by atoms with Gasteiger partial charge in [-0.25, -0.2) is 0 Å². The molecule has 7 nitrogen and oxygen atoms in total. The minimum atomic E-state index is -0.498. The Morgan fingerprint density at radius 3 is 2.48 bits per heavy atom. The van der Waals surface area contributed by atoms with E-state index in [1.807, 2.05) is 30.3 Å². The van der Waals surface area contributed by atoms with Crippen molar-refractivity contribution in [3.63, 3.8) is 0 Å². The lowest BCUT2D eigenvalue weighted by Gasteiger charge is -2.11. The fourth-order valence-electron chi connectivity index (χ4n) is 3.15. The van der Waals surface area contributed by atoms with Crippen LogP contribution in [0.1, 0.15) is 10.4 Å². The number of ether oxygens (including phenoxy) is 1. The van der Waals surface area contributed by atoms with Gasteiger partial charge < -0.3 is 25.5 Å². The van der Waals surface area contributed by atoms with E-state index in [0.29, 0.717) is 28.3 Å². The third-order valence-corrected chi connectivity index (χ3v) is 4.60. The molecule has 3 aromatic carbocycles. The van der Waals surface area contributed by atoms with Crippen LogP contribution in [0.3, 0.4) is 0 Å². The maximum Gasteiger partial charge on any atom is 0.248 e. The van der Waals surface area contributed by atoms with E-state index < -0.39 is 5.91 Å². The summed E-state index contributed by atoms with van der Waals surface area (Å²) in [5.74, 6) is -0.205. The number of nitrogens with two attached hydrogens (primary N) is 1. The van der Waals surface area contributed by atoms with E-state index in [1.54, 1.807) is 37.4 Å². The normalized spacial score (nSPS) is 10.8. The smallest absolute Gasteiger partial charge is 0.248 e. The third-order valence-electron chi connectivity index (χ3n) is 4.60. The molecule has 0 spiro atoms. The largest absolute Gasteiger partial charge is 0.495 e. The van der Waals surface area contributed by atoms with E-state index in [-0.39, 0.29) is 12.5 Å². The van der Waals surface area contributed by atoms with Crippen LogP contribution >= 0.6 is 0 Å². The predicted octanol–water partition coefficient (Wildman–Crippen LogP) is 3.74. The number of hydrogen-bond donors (Lipinski definition) is 3. The zero-order chi connectivity index (χ0) is 20.4. The van der Waals surface area contributed by atoms with E-state index in [0.717, 1.165) is 16.4 Å². The molecule has 0 saturated heterocycles. The number of nitrogens with one attached hydrogen (secondary N) is 2. The molecule has 29 heavy (non-hydrogen) atoms. The van der Waals surface area contributed by atoms with Crippen molar-refractivity contribution in [1.29, 1.82) is 0 Å². The molecule has 2 amide bonds. The van der Waals surface area contributed by atoms with Crippen LogP contribution in [-0.2, 0) is 4.79 Å². The van der Waals surface area contributed by atoms with Crippen molar-refractivity contribution in [2.75, 3.05) is 24.3 Å². The number of anilines is 2. The zero-order valence-corrected chi connectivity index (χ0v) is 15.7. The highest BCUT2D eigenvalue weighted by atomic mass is 16.5. The van der Waals surface area contributed by atoms with Crippen LogP contribution in [0.25, 0.3) is 21.9 Å². The lowest BCUT2D eigenvalue weighted by molar-refractivity contribution is -0.114. The van der Waals surface area contributed by atoms with Crippen molar-refractivity contribution in [2.45, 2.75) is 0 Å². The number of fused-ring (bicyclic) bond motifs is 3. The average molecular weight is 389 g/mol. The predicted molar refractivity (Wildman–Crippen MR) is 112 cm³/mol. The quantitative estimate of drug-likeness (QED) is 0.466. The summed E-state index contributed by atoms with van der Waals surface area (Å²) in [6, 6.07) is 17.9. The lowest BCUT2D eigenvalue weighted by atomic mass is 10.1. The van der Waals surface area contributed by atoms with Gasteiger partial charge in [-0.1, -0.05) is 18.2 Å². The summed E-state index contributed by atoms with van der Waals surface area (Å²) < 4.78 is 11.3. The molecule has 0 atom stereocenters. The van der Waals surface area contributed by atoms with Crippen molar-refractivity contribution in [1.82, 2.24) is 0 Å². The van der Waals surface area contributed by atoms with Gasteiger partial charge in [0.05, 0.1) is 19.3 Å². The number of amides is 2. The molecule has 0 aliphatic heterocycles. The van der Waals surface area contributed by atoms with Gasteiger partial charge in [0.1, 0.15) is 16.9 Å². The monoisotopic (exact) mass is 389 g/mol. The van der Waals surface area contributed by atoms with Gasteiger partial charge in [0.25, 0.3) is 0 Å². The van der Waals surface area contributed by atoms with Gasteiger partial charge in [0, 0.05) is 28.1 Å². The Morgan fingerprint density at radius 2 is 1.76 bits per heavy atom. The van der Waals surface area contributed by atoms with Crippen molar-refractivity contribution < 1.29 is 18.7 Å². The Morgan fingerprint density at radius 1 is 1.00 bits per heavy atom. The first-order valence-corrected chi connectivity index (χ1v) is 8.98. The Hall–Kier alpha value is -4.00. The van der Waals surface area contributed by atoms with Crippen molar-refractivity contribution in [2.24, 2.45) is 5.73 Å². The van der Waals surface area contributed by atoms with Gasteiger partial charge in [-0.05, 0) is 36.4 Å². The molecule has 4 rings (SSSR count). The summed E-state index contributed by atoms with van der Waals surface area (Å²) in [5, 5.41) is 7.74. The highest BCUT2D eigenvalue weighted by Gasteiger charge is 2.14. The standard InChI is InChI=1S/C22H19N3O4/c1-28-20-10-16-15-4-2-3-5-18(15)29-19(16)11-17(20)25-21(26)12-24-14-8-6-13(7-9-14)22(23)27/h2-11,24H,12H2,1H3,(H2,23,27)(H,25,26). The van der Waals surface area contributed by atoms with Gasteiger partial charge in [-0.3, -0.25) is 9.59 Å². The number of furan rings is 1. The third kappa shape index (κ3) is 3.70. The highest BCUT2D eigenvalue weighted by Crippen LogP contribution is 2.36. The highest BCUT2D eigenvalue weighted by molar-refractivity contribution is 6.08. The molecule has 0 fully saturated rings. The molecular weight excluding hydrogens is 370 g/mol. The zero-order valence-electron chi connectivity index (χ0n) is 15.7. The number of carbonyl (C=O) groups is 2. The van der Waals surface area contributed by atoms with Crippen LogP contribution in [0.4, 0.5) is 11.4 Å². The number of para-hydroxylation sites is 1. The Kier molecular flexibility index (Phi) is 4.78. The number of carbonyl (C=O) groups excluding carboxylic acids is 2. The number of methoxy groups -OCH3 is 1. The summed E-state index contributed by atoms with van der Waals surface area (Å²) in [6.07, 6.45) is 0. The maximum absolute atomic E-state index is 12.4. The first-order valence-electron chi connectivity index (χ1n) is 8.98. The van der Waals surface area contributed by atoms with E-state index in [9.17, 15) is 9.59 Å². The molecule has 0 aliphatic carbocycles. The van der Waals surface area contributed by atoms with Gasteiger partial charge in [-0.2, -0.15) is 0 Å². The summed E-state index contributed by atoms with van der Waals surface area (Å²) in [7, 11) is 1.55. The second-order valence-corrected chi connectivity index (χ2v) is 6.49.